The Morgan fingerprint density at radius 1 is 0.526 bits per heavy atom. The van der Waals surface area contributed by atoms with E-state index in [0.29, 0.717) is 22.3 Å². The number of carbonyl (C=O) groups excluding carboxylic acids is 8. The number of hydrogen-bond acceptors (Lipinski definition) is 19. The van der Waals surface area contributed by atoms with Gasteiger partial charge in [-0.05, 0) is 42.2 Å². The summed E-state index contributed by atoms with van der Waals surface area (Å²) in [5.74, 6) is -7.65. The van der Waals surface area contributed by atoms with Crippen LogP contribution in [0.15, 0.2) is 166 Å². The number of imide groups is 6. The molecule has 0 aliphatic carbocycles. The number of benzene rings is 4. The van der Waals surface area contributed by atoms with Crippen molar-refractivity contribution in [1.29, 1.82) is 10.5 Å². The number of ether oxygens (including phenoxy) is 5. The molecular formula is C55H36N6O13S2. The van der Waals surface area contributed by atoms with Crippen LogP contribution in [-0.2, 0) is 79.7 Å². The molecule has 0 fully saturated rings. The SMILES string of the molecule is CC1=C(C#N)C(=O)N(C(=O)OCc2ccccc2)C(=O)C1=Nc1cc2c(s1)-c1sc(N=C3C(=O)N(C(=O)OCc4ccccc4)C(=O)C(C#N)=C3C)cc1C(C(=O)OCc1ccccc1)(C(=O)OCc1ccccc1)O2. The lowest BCUT2D eigenvalue weighted by Crippen LogP contribution is -2.52. The number of amides is 6. The predicted molar refractivity (Wildman–Crippen MR) is 270 cm³/mol. The highest BCUT2D eigenvalue weighted by Crippen LogP contribution is 2.57. The first kappa shape index (κ1) is 51.0. The molecular weight excluding hydrogens is 1020 g/mol. The van der Waals surface area contributed by atoms with Gasteiger partial charge in [0.05, 0.1) is 9.75 Å². The smallest absolute Gasteiger partial charge is 0.424 e. The van der Waals surface area contributed by atoms with Gasteiger partial charge in [-0.1, -0.05) is 121 Å². The van der Waals surface area contributed by atoms with E-state index in [4.69, 9.17) is 23.7 Å². The van der Waals surface area contributed by atoms with E-state index in [0.717, 1.165) is 22.7 Å². The van der Waals surface area contributed by atoms with Gasteiger partial charge in [0, 0.05) is 22.8 Å². The summed E-state index contributed by atoms with van der Waals surface area (Å²) in [4.78, 5) is 122. The molecule has 3 aliphatic heterocycles. The second-order valence-electron chi connectivity index (χ2n) is 16.6. The van der Waals surface area contributed by atoms with E-state index >= 15 is 0 Å². The van der Waals surface area contributed by atoms with Crippen LogP contribution in [0.2, 0.25) is 0 Å². The van der Waals surface area contributed by atoms with E-state index in [1.54, 1.807) is 133 Å². The van der Waals surface area contributed by atoms with Gasteiger partial charge in [0.25, 0.3) is 23.6 Å². The summed E-state index contributed by atoms with van der Waals surface area (Å²) in [6.07, 6.45) is -2.75. The fourth-order valence-corrected chi connectivity index (χ4v) is 10.1. The first-order valence-corrected chi connectivity index (χ1v) is 24.4. The van der Waals surface area contributed by atoms with Crippen LogP contribution in [0.25, 0.3) is 9.75 Å². The van der Waals surface area contributed by atoms with Crippen molar-refractivity contribution in [3.05, 3.63) is 184 Å². The maximum absolute atomic E-state index is 14.9. The Hall–Kier alpha value is -9.96. The summed E-state index contributed by atoms with van der Waals surface area (Å²) in [6, 6.07) is 39.9. The predicted octanol–water partition coefficient (Wildman–Crippen LogP) is 8.79. The Kier molecular flexibility index (Phi) is 14.5. The van der Waals surface area contributed by atoms with E-state index in [-0.39, 0.29) is 78.4 Å². The van der Waals surface area contributed by atoms with Crippen molar-refractivity contribution in [3.8, 4) is 27.6 Å². The van der Waals surface area contributed by atoms with Crippen LogP contribution in [0.5, 0.6) is 5.75 Å². The zero-order valence-corrected chi connectivity index (χ0v) is 41.5. The van der Waals surface area contributed by atoms with E-state index in [2.05, 4.69) is 9.98 Å². The standard InChI is InChI=1S/C55H36N6O13S2/c1-31-37(25-56)47(62)60(53(68)72-29-35-19-11-5-12-20-35)49(64)43(31)58-41-23-39-45(75-41)46-40(74-55(39,51(66)70-27-33-15-7-3-8-16-33)52(67)71-28-34-17-9-4-10-18-34)24-42(76-46)59-44-32(2)38(26-57)48(63)61(50(44)65)54(69)73-30-36-21-13-6-14-22-36/h3-24H,27-30H2,1-2H3. The fourth-order valence-electron chi connectivity index (χ4n) is 7.92. The van der Waals surface area contributed by atoms with E-state index in [1.165, 1.54) is 26.0 Å². The zero-order valence-electron chi connectivity index (χ0n) is 39.8. The molecule has 0 N–H and O–H groups in total. The van der Waals surface area contributed by atoms with E-state index in [9.17, 15) is 48.9 Å². The van der Waals surface area contributed by atoms with Crippen molar-refractivity contribution in [1.82, 2.24) is 9.80 Å². The number of nitrogens with zero attached hydrogens (tertiary/aromatic N) is 6. The third-order valence-corrected chi connectivity index (χ3v) is 14.0. The van der Waals surface area contributed by atoms with Gasteiger partial charge in [-0.15, -0.1) is 22.7 Å². The topological polar surface area (TPSA) is 261 Å². The zero-order chi connectivity index (χ0) is 53.7. The fraction of sp³-hybridized carbons (Fsp3) is 0.127. The van der Waals surface area contributed by atoms with Crippen LogP contribution in [0, 0.1) is 22.7 Å². The van der Waals surface area contributed by atoms with Crippen LogP contribution in [0.4, 0.5) is 19.6 Å². The summed E-state index contributed by atoms with van der Waals surface area (Å²) in [6.45, 7) is 1.23. The number of rotatable bonds is 12. The molecule has 0 bridgehead atoms. The summed E-state index contributed by atoms with van der Waals surface area (Å²) in [7, 11) is 0. The number of fused-ring (bicyclic) bond motifs is 3. The maximum Gasteiger partial charge on any atom is 0.424 e. The van der Waals surface area contributed by atoms with Gasteiger partial charge < -0.3 is 23.7 Å². The highest BCUT2D eigenvalue weighted by Gasteiger charge is 2.59. The highest BCUT2D eigenvalue weighted by molar-refractivity contribution is 7.26. The first-order chi connectivity index (χ1) is 36.7. The monoisotopic (exact) mass is 1050 g/mol. The molecule has 3 aliphatic rings. The Balaban J connectivity index is 1.16. The van der Waals surface area contributed by atoms with Gasteiger partial charge in [0.1, 0.15) is 76.9 Å². The van der Waals surface area contributed by atoms with Crippen molar-refractivity contribution in [2.45, 2.75) is 45.9 Å². The molecule has 4 aromatic carbocycles. The quantitative estimate of drug-likeness (QED) is 0.0480. The molecule has 19 nitrogen and oxygen atoms in total. The molecule has 0 unspecified atom stereocenters. The first-order valence-electron chi connectivity index (χ1n) is 22.7. The van der Waals surface area contributed by atoms with Crippen molar-refractivity contribution in [3.63, 3.8) is 0 Å². The number of thiophene rings is 2. The molecule has 376 valence electrons. The maximum atomic E-state index is 14.9. The van der Waals surface area contributed by atoms with Crippen molar-refractivity contribution < 1.29 is 62.0 Å². The van der Waals surface area contributed by atoms with Gasteiger partial charge in [0.2, 0.25) is 0 Å². The highest BCUT2D eigenvalue weighted by atomic mass is 32.1. The number of carbonyl (C=O) groups is 8. The van der Waals surface area contributed by atoms with Crippen molar-refractivity contribution in [2.24, 2.45) is 9.98 Å². The molecule has 0 saturated heterocycles. The lowest BCUT2D eigenvalue weighted by atomic mass is 9.91. The lowest BCUT2D eigenvalue weighted by Gasteiger charge is -2.33. The Labute approximate surface area is 439 Å². The average Bonchev–Trinajstić information content (AvgIpc) is 4.10. The number of hydrogen-bond donors (Lipinski definition) is 0. The molecule has 76 heavy (non-hydrogen) atoms. The minimum absolute atomic E-state index is 0.0571. The van der Waals surface area contributed by atoms with Gasteiger partial charge in [0.15, 0.2) is 0 Å². The van der Waals surface area contributed by atoms with Gasteiger partial charge in [-0.25, -0.2) is 29.2 Å². The van der Waals surface area contributed by atoms with Gasteiger partial charge >= 0.3 is 29.7 Å². The van der Waals surface area contributed by atoms with E-state index < -0.39 is 75.9 Å². The largest absolute Gasteiger partial charge is 0.458 e. The Morgan fingerprint density at radius 2 is 0.882 bits per heavy atom. The summed E-state index contributed by atoms with van der Waals surface area (Å²) < 4.78 is 28.8. The third-order valence-electron chi connectivity index (χ3n) is 11.8. The van der Waals surface area contributed by atoms with Crippen LogP contribution in [-0.4, -0.2) is 69.0 Å². The van der Waals surface area contributed by atoms with Gasteiger partial charge in [-0.2, -0.15) is 20.3 Å². The normalized spacial score (nSPS) is 15.8. The number of esters is 2. The lowest BCUT2D eigenvalue weighted by molar-refractivity contribution is -0.183. The number of aliphatic imine (C=N–C) groups is 2. The summed E-state index contributed by atoms with van der Waals surface area (Å²) in [5, 5.41) is 20.0. The van der Waals surface area contributed by atoms with Crippen LogP contribution in [0.1, 0.15) is 41.7 Å². The molecule has 0 radical (unpaired) electrons. The molecule has 2 aromatic heterocycles. The minimum atomic E-state index is -2.80. The number of nitriles is 2. The molecule has 9 rings (SSSR count). The minimum Gasteiger partial charge on any atom is -0.458 e. The Morgan fingerprint density at radius 3 is 1.26 bits per heavy atom. The summed E-state index contributed by atoms with van der Waals surface area (Å²) in [5.41, 5.74) is -3.45. The third kappa shape index (κ3) is 9.81. The van der Waals surface area contributed by atoms with Crippen molar-refractivity contribution >= 4 is 91.9 Å². The molecule has 0 atom stereocenters. The molecule has 21 heteroatoms. The average molecular weight is 1050 g/mol. The van der Waals surface area contributed by atoms with Crippen LogP contribution < -0.4 is 4.74 Å². The van der Waals surface area contributed by atoms with Gasteiger partial charge in [-0.3, -0.25) is 19.2 Å². The molecule has 5 heterocycles. The molecule has 6 aromatic rings. The van der Waals surface area contributed by atoms with Crippen LogP contribution in [0.3, 0.4) is 0 Å². The molecule has 0 spiro atoms. The molecule has 0 saturated carbocycles. The molecule has 6 amide bonds. The van der Waals surface area contributed by atoms with Crippen LogP contribution >= 0.6 is 22.7 Å². The second-order valence-corrected chi connectivity index (χ2v) is 18.7. The van der Waals surface area contributed by atoms with E-state index in [1.807, 2.05) is 0 Å². The Bertz CT molecular complexity index is 3570. The van der Waals surface area contributed by atoms with Crippen molar-refractivity contribution in [2.75, 3.05) is 0 Å². The summed E-state index contributed by atoms with van der Waals surface area (Å²) >= 11 is 1.66. The second kappa shape index (κ2) is 21.6.